The lowest BCUT2D eigenvalue weighted by atomic mass is 9.82. The fraction of sp³-hybridized carbons (Fsp3) is 0.615. The van der Waals surface area contributed by atoms with Crippen LogP contribution in [0.15, 0.2) is 23.0 Å². The van der Waals surface area contributed by atoms with Crippen molar-refractivity contribution in [2.45, 2.75) is 46.0 Å². The molecule has 0 radical (unpaired) electrons. The Morgan fingerprint density at radius 3 is 2.65 bits per heavy atom. The summed E-state index contributed by atoms with van der Waals surface area (Å²) in [6.45, 7) is 8.21. The second-order valence-electron chi connectivity index (χ2n) is 4.33. The molecule has 0 saturated heterocycles. The SMILES string of the molecule is CC.CC1=CC(C)(c2cn(C)nn2)CCC=N1. The molecule has 4 heteroatoms. The van der Waals surface area contributed by atoms with E-state index in [1.165, 1.54) is 0 Å². The van der Waals surface area contributed by atoms with Gasteiger partial charge in [0, 0.05) is 30.6 Å². The standard InChI is InChI=1S/C11H16N4.C2H6/c1-9-7-11(2,5-4-6-12-9)10-8-15(3)14-13-10;1-2/h6-8H,4-5H2,1-3H3;1-2H3. The van der Waals surface area contributed by atoms with E-state index >= 15 is 0 Å². The van der Waals surface area contributed by atoms with Gasteiger partial charge in [0.05, 0.1) is 5.69 Å². The molecule has 1 atom stereocenters. The van der Waals surface area contributed by atoms with Gasteiger partial charge in [-0.3, -0.25) is 9.67 Å². The van der Waals surface area contributed by atoms with Gasteiger partial charge in [-0.1, -0.05) is 32.1 Å². The Balaban J connectivity index is 0.000000686. The molecule has 0 saturated carbocycles. The molecule has 0 bridgehead atoms. The van der Waals surface area contributed by atoms with Crippen LogP contribution >= 0.6 is 0 Å². The predicted octanol–water partition coefficient (Wildman–Crippen LogP) is 2.87. The Morgan fingerprint density at radius 2 is 2.06 bits per heavy atom. The molecule has 0 amide bonds. The third kappa shape index (κ3) is 3.25. The summed E-state index contributed by atoms with van der Waals surface area (Å²) in [5.41, 5.74) is 2.05. The maximum atomic E-state index is 4.33. The van der Waals surface area contributed by atoms with Crippen molar-refractivity contribution in [3.8, 4) is 0 Å². The molecule has 17 heavy (non-hydrogen) atoms. The van der Waals surface area contributed by atoms with Gasteiger partial charge in [0.25, 0.3) is 0 Å². The average molecular weight is 234 g/mol. The first-order valence-corrected chi connectivity index (χ1v) is 6.19. The molecule has 1 aromatic heterocycles. The number of allylic oxidation sites excluding steroid dienone is 2. The first kappa shape index (κ1) is 13.6. The highest BCUT2D eigenvalue weighted by molar-refractivity contribution is 5.60. The number of rotatable bonds is 1. The number of nitrogens with zero attached hydrogens (tertiary/aromatic N) is 4. The van der Waals surface area contributed by atoms with Crippen LogP contribution < -0.4 is 0 Å². The molecule has 1 aliphatic rings. The van der Waals surface area contributed by atoms with E-state index in [1.54, 1.807) is 4.68 Å². The topological polar surface area (TPSA) is 43.1 Å². The van der Waals surface area contributed by atoms with Crippen molar-refractivity contribution in [1.82, 2.24) is 15.0 Å². The predicted molar refractivity (Wildman–Crippen MR) is 71.2 cm³/mol. The van der Waals surface area contributed by atoms with Crippen molar-refractivity contribution in [3.05, 3.63) is 23.7 Å². The first-order valence-electron chi connectivity index (χ1n) is 6.19. The smallest absolute Gasteiger partial charge is 0.0924 e. The number of aryl methyl sites for hydroxylation is 1. The van der Waals surface area contributed by atoms with E-state index in [-0.39, 0.29) is 5.41 Å². The van der Waals surface area contributed by atoms with Crippen LogP contribution in [0.1, 0.15) is 46.2 Å². The lowest BCUT2D eigenvalue weighted by molar-refractivity contribution is 0.537. The Kier molecular flexibility index (Phi) is 4.61. The van der Waals surface area contributed by atoms with Crippen molar-refractivity contribution in [1.29, 1.82) is 0 Å². The van der Waals surface area contributed by atoms with Crippen molar-refractivity contribution in [2.75, 3.05) is 0 Å². The fourth-order valence-electron chi connectivity index (χ4n) is 1.95. The van der Waals surface area contributed by atoms with E-state index in [1.807, 2.05) is 40.2 Å². The molecule has 0 N–H and O–H groups in total. The largest absolute Gasteiger partial charge is 0.266 e. The zero-order chi connectivity index (χ0) is 12.9. The first-order chi connectivity index (χ1) is 8.10. The van der Waals surface area contributed by atoms with Gasteiger partial charge in [-0.15, -0.1) is 5.10 Å². The second-order valence-corrected chi connectivity index (χ2v) is 4.33. The maximum absolute atomic E-state index is 4.33. The number of hydrogen-bond acceptors (Lipinski definition) is 3. The van der Waals surface area contributed by atoms with Crippen molar-refractivity contribution < 1.29 is 0 Å². The molecule has 0 fully saturated rings. The van der Waals surface area contributed by atoms with Crippen LogP contribution in [0.4, 0.5) is 0 Å². The third-order valence-corrected chi connectivity index (χ3v) is 2.80. The molecular formula is C13H22N4. The molecule has 4 nitrogen and oxygen atoms in total. The van der Waals surface area contributed by atoms with E-state index in [0.29, 0.717) is 0 Å². The zero-order valence-electron chi connectivity index (χ0n) is 11.4. The minimum absolute atomic E-state index is 0.0329. The van der Waals surface area contributed by atoms with Gasteiger partial charge in [-0.05, 0) is 19.8 Å². The number of aromatic nitrogens is 3. The van der Waals surface area contributed by atoms with Gasteiger partial charge in [0.15, 0.2) is 0 Å². The van der Waals surface area contributed by atoms with Gasteiger partial charge in [0.1, 0.15) is 0 Å². The van der Waals surface area contributed by atoms with E-state index in [0.717, 1.165) is 24.2 Å². The summed E-state index contributed by atoms with van der Waals surface area (Å²) >= 11 is 0. The molecule has 0 aliphatic carbocycles. The van der Waals surface area contributed by atoms with Gasteiger partial charge in [-0.2, -0.15) is 0 Å². The summed E-state index contributed by atoms with van der Waals surface area (Å²) in [5.74, 6) is 0. The minimum atomic E-state index is -0.0329. The highest BCUT2D eigenvalue weighted by Gasteiger charge is 2.28. The summed E-state index contributed by atoms with van der Waals surface area (Å²) in [6, 6.07) is 0. The van der Waals surface area contributed by atoms with Crippen LogP contribution in [0.5, 0.6) is 0 Å². The van der Waals surface area contributed by atoms with Crippen LogP contribution in [0.3, 0.4) is 0 Å². The Bertz CT molecular complexity index is 417. The summed E-state index contributed by atoms with van der Waals surface area (Å²) in [4.78, 5) is 4.33. The minimum Gasteiger partial charge on any atom is -0.266 e. The van der Waals surface area contributed by atoms with E-state index < -0.39 is 0 Å². The lowest BCUT2D eigenvalue weighted by Gasteiger charge is -2.21. The monoisotopic (exact) mass is 234 g/mol. The van der Waals surface area contributed by atoms with Gasteiger partial charge in [0.2, 0.25) is 0 Å². The Morgan fingerprint density at radius 1 is 1.35 bits per heavy atom. The molecule has 0 aromatic carbocycles. The summed E-state index contributed by atoms with van der Waals surface area (Å²) in [7, 11) is 1.89. The quantitative estimate of drug-likeness (QED) is 0.750. The van der Waals surface area contributed by atoms with Crippen molar-refractivity contribution >= 4 is 6.21 Å². The molecule has 2 rings (SSSR count). The van der Waals surface area contributed by atoms with Crippen LogP contribution in [0.2, 0.25) is 0 Å². The van der Waals surface area contributed by atoms with Crippen LogP contribution in [-0.2, 0) is 12.5 Å². The number of aliphatic imine (C=N–C) groups is 1. The second kappa shape index (κ2) is 5.75. The third-order valence-electron chi connectivity index (χ3n) is 2.80. The van der Waals surface area contributed by atoms with Crippen LogP contribution in [0, 0.1) is 0 Å². The molecule has 1 unspecified atom stereocenters. The highest BCUT2D eigenvalue weighted by Crippen LogP contribution is 2.31. The molecular weight excluding hydrogens is 212 g/mol. The molecule has 0 spiro atoms. The summed E-state index contributed by atoms with van der Waals surface area (Å²) < 4.78 is 1.75. The van der Waals surface area contributed by atoms with Crippen LogP contribution in [-0.4, -0.2) is 21.2 Å². The highest BCUT2D eigenvalue weighted by atomic mass is 15.4. The van der Waals surface area contributed by atoms with Gasteiger partial charge < -0.3 is 0 Å². The van der Waals surface area contributed by atoms with Crippen LogP contribution in [0.25, 0.3) is 0 Å². The normalized spacial score (nSPS) is 23.5. The van der Waals surface area contributed by atoms with E-state index in [9.17, 15) is 0 Å². The molecule has 94 valence electrons. The fourth-order valence-corrected chi connectivity index (χ4v) is 1.95. The van der Waals surface area contributed by atoms with E-state index in [4.69, 9.17) is 0 Å². The average Bonchev–Trinajstić information content (AvgIpc) is 2.67. The van der Waals surface area contributed by atoms with E-state index in [2.05, 4.69) is 28.3 Å². The van der Waals surface area contributed by atoms with Crippen molar-refractivity contribution in [2.24, 2.45) is 12.0 Å². The Labute approximate surface area is 103 Å². The lowest BCUT2D eigenvalue weighted by Crippen LogP contribution is -2.19. The zero-order valence-corrected chi connectivity index (χ0v) is 11.4. The molecule has 1 aliphatic heterocycles. The summed E-state index contributed by atoms with van der Waals surface area (Å²) in [5, 5.41) is 8.19. The number of hydrogen-bond donors (Lipinski definition) is 0. The maximum Gasteiger partial charge on any atom is 0.0924 e. The van der Waals surface area contributed by atoms with Gasteiger partial charge in [-0.25, -0.2) is 0 Å². The van der Waals surface area contributed by atoms with Gasteiger partial charge >= 0.3 is 0 Å². The van der Waals surface area contributed by atoms with Crippen molar-refractivity contribution in [3.63, 3.8) is 0 Å². The molecule has 2 heterocycles. The Hall–Kier alpha value is -1.45. The molecule has 1 aromatic rings. The summed E-state index contributed by atoms with van der Waals surface area (Å²) in [6.07, 6.45) is 8.16.